The Hall–Kier alpha value is -2.86. The Morgan fingerprint density at radius 1 is 1.25 bits per heavy atom. The molecule has 0 aliphatic carbocycles. The highest BCUT2D eigenvalue weighted by molar-refractivity contribution is 6.36. The van der Waals surface area contributed by atoms with Gasteiger partial charge in [-0.05, 0) is 43.2 Å². The van der Waals surface area contributed by atoms with Gasteiger partial charge in [0.1, 0.15) is 11.5 Å². The van der Waals surface area contributed by atoms with Crippen LogP contribution in [0.1, 0.15) is 40.1 Å². The van der Waals surface area contributed by atoms with Gasteiger partial charge in [0.2, 0.25) is 0 Å². The first-order valence-electron chi connectivity index (χ1n) is 8.74. The summed E-state index contributed by atoms with van der Waals surface area (Å²) in [5.41, 5.74) is 2.82. The number of carbonyl (C=O) groups is 2. The van der Waals surface area contributed by atoms with Crippen LogP contribution in [0.4, 0.5) is 4.39 Å². The minimum absolute atomic E-state index is 0.256. The molecule has 0 radical (unpaired) electrons. The van der Waals surface area contributed by atoms with Gasteiger partial charge >= 0.3 is 5.97 Å². The van der Waals surface area contributed by atoms with Crippen LogP contribution in [0.5, 0.6) is 0 Å². The molecule has 1 aromatic heterocycles. The van der Waals surface area contributed by atoms with Gasteiger partial charge in [-0.1, -0.05) is 29.8 Å². The molecule has 5 nitrogen and oxygen atoms in total. The Morgan fingerprint density at radius 2 is 1.96 bits per heavy atom. The molecule has 7 heteroatoms. The van der Waals surface area contributed by atoms with Gasteiger partial charge in [0.05, 0.1) is 17.5 Å². The zero-order valence-electron chi connectivity index (χ0n) is 15.7. The monoisotopic (exact) mass is 402 g/mol. The number of amides is 1. The molecule has 2 aromatic carbocycles. The maximum Gasteiger partial charge on any atom is 0.307 e. The van der Waals surface area contributed by atoms with Crippen molar-refractivity contribution < 1.29 is 19.1 Å². The number of carboxylic acids is 1. The minimum Gasteiger partial charge on any atom is -0.481 e. The molecule has 0 bridgehead atoms. The predicted molar refractivity (Wildman–Crippen MR) is 106 cm³/mol. The predicted octanol–water partition coefficient (Wildman–Crippen LogP) is 4.40. The summed E-state index contributed by atoms with van der Waals surface area (Å²) in [7, 11) is 1.77. The van der Waals surface area contributed by atoms with E-state index in [1.165, 1.54) is 12.1 Å². The highest BCUT2D eigenvalue weighted by Crippen LogP contribution is 2.29. The Bertz CT molecular complexity index is 1090. The summed E-state index contributed by atoms with van der Waals surface area (Å²) in [5.74, 6) is -1.94. The van der Waals surface area contributed by atoms with E-state index in [4.69, 9.17) is 16.7 Å². The lowest BCUT2D eigenvalue weighted by molar-refractivity contribution is -0.136. The highest BCUT2D eigenvalue weighted by atomic mass is 35.5. The zero-order chi connectivity index (χ0) is 20.6. The maximum absolute atomic E-state index is 14.4. The van der Waals surface area contributed by atoms with Crippen molar-refractivity contribution in [1.29, 1.82) is 0 Å². The van der Waals surface area contributed by atoms with Gasteiger partial charge in [-0.3, -0.25) is 9.59 Å². The summed E-state index contributed by atoms with van der Waals surface area (Å²) in [5, 5.41) is 13.0. The summed E-state index contributed by atoms with van der Waals surface area (Å²) in [4.78, 5) is 23.5. The van der Waals surface area contributed by atoms with Crippen LogP contribution in [0.2, 0.25) is 5.02 Å². The fraction of sp³-hybridized carbons (Fsp3) is 0.238. The molecule has 0 aliphatic heterocycles. The lowest BCUT2D eigenvalue weighted by atomic mass is 10.0. The topological polar surface area (TPSA) is 71.3 Å². The molecule has 2 N–H and O–H groups in total. The van der Waals surface area contributed by atoms with Crippen molar-refractivity contribution >= 4 is 34.4 Å². The summed E-state index contributed by atoms with van der Waals surface area (Å²) >= 11 is 6.35. The standard InChI is InChI=1S/C21H20ClFN2O3/c1-11-4-7-17-15(20(11)22)10-18(25(17)3)21(28)24-12(2)14-6-5-13(8-16(14)23)9-19(26)27/h4-8,10,12H,9H2,1-3H3,(H,24,28)(H,26,27). The van der Waals surface area contributed by atoms with Crippen LogP contribution in [0.15, 0.2) is 36.4 Å². The average molecular weight is 403 g/mol. The number of nitrogens with zero attached hydrogens (tertiary/aromatic N) is 1. The fourth-order valence-electron chi connectivity index (χ4n) is 3.26. The summed E-state index contributed by atoms with van der Waals surface area (Å²) in [6, 6.07) is 9.15. The third kappa shape index (κ3) is 3.73. The van der Waals surface area contributed by atoms with Crippen LogP contribution in [0, 0.1) is 12.7 Å². The molecule has 28 heavy (non-hydrogen) atoms. The fourth-order valence-corrected chi connectivity index (χ4v) is 3.47. The first-order chi connectivity index (χ1) is 13.2. The first-order valence-corrected chi connectivity index (χ1v) is 9.12. The van der Waals surface area contributed by atoms with E-state index in [-0.39, 0.29) is 17.9 Å². The van der Waals surface area contributed by atoms with Crippen LogP contribution in [-0.4, -0.2) is 21.6 Å². The van der Waals surface area contributed by atoms with Crippen molar-refractivity contribution in [2.24, 2.45) is 7.05 Å². The van der Waals surface area contributed by atoms with E-state index in [0.29, 0.717) is 16.3 Å². The van der Waals surface area contributed by atoms with E-state index in [9.17, 15) is 14.0 Å². The second-order valence-electron chi connectivity index (χ2n) is 6.84. The Kier molecular flexibility index (Phi) is 5.42. The third-order valence-electron chi connectivity index (χ3n) is 4.82. The number of carbonyl (C=O) groups excluding carboxylic acids is 1. The highest BCUT2D eigenvalue weighted by Gasteiger charge is 2.20. The zero-order valence-corrected chi connectivity index (χ0v) is 16.5. The molecule has 0 aliphatic rings. The first kappa shape index (κ1) is 19.9. The molecule has 0 spiro atoms. The van der Waals surface area contributed by atoms with E-state index in [1.807, 2.05) is 19.1 Å². The Morgan fingerprint density at radius 3 is 2.61 bits per heavy atom. The number of aliphatic carboxylic acids is 1. The van der Waals surface area contributed by atoms with Crippen LogP contribution in [-0.2, 0) is 18.3 Å². The minimum atomic E-state index is -1.03. The van der Waals surface area contributed by atoms with E-state index in [0.717, 1.165) is 16.5 Å². The smallest absolute Gasteiger partial charge is 0.307 e. The van der Waals surface area contributed by atoms with E-state index < -0.39 is 17.8 Å². The largest absolute Gasteiger partial charge is 0.481 e. The average Bonchev–Trinajstić information content (AvgIpc) is 2.95. The number of aryl methyl sites for hydroxylation is 2. The lowest BCUT2D eigenvalue weighted by Gasteiger charge is -2.16. The molecule has 1 unspecified atom stereocenters. The van der Waals surface area contributed by atoms with Gasteiger partial charge in [0, 0.05) is 23.5 Å². The third-order valence-corrected chi connectivity index (χ3v) is 5.32. The van der Waals surface area contributed by atoms with Crippen molar-refractivity contribution in [3.8, 4) is 0 Å². The number of carboxylic acid groups (broad SMARTS) is 1. The molecular formula is C21H20ClFN2O3. The molecule has 3 aromatic rings. The van der Waals surface area contributed by atoms with Crippen molar-refractivity contribution in [3.05, 3.63) is 69.6 Å². The van der Waals surface area contributed by atoms with Gasteiger partial charge in [-0.25, -0.2) is 4.39 Å². The molecule has 0 saturated carbocycles. The number of rotatable bonds is 5. The maximum atomic E-state index is 14.4. The molecule has 0 fully saturated rings. The normalized spacial score (nSPS) is 12.2. The molecule has 3 rings (SSSR count). The number of benzene rings is 2. The SMILES string of the molecule is Cc1ccc2c(cc(C(=O)NC(C)c3ccc(CC(=O)O)cc3F)n2C)c1Cl. The second kappa shape index (κ2) is 7.64. The van der Waals surface area contributed by atoms with Crippen LogP contribution < -0.4 is 5.32 Å². The lowest BCUT2D eigenvalue weighted by Crippen LogP contribution is -2.28. The van der Waals surface area contributed by atoms with Gasteiger partial charge in [0.25, 0.3) is 5.91 Å². The van der Waals surface area contributed by atoms with E-state index in [2.05, 4.69) is 5.32 Å². The van der Waals surface area contributed by atoms with Crippen molar-refractivity contribution in [2.45, 2.75) is 26.3 Å². The van der Waals surface area contributed by atoms with Crippen LogP contribution in [0.3, 0.4) is 0 Å². The van der Waals surface area contributed by atoms with Gasteiger partial charge in [-0.2, -0.15) is 0 Å². The molecular weight excluding hydrogens is 383 g/mol. The number of hydrogen-bond donors (Lipinski definition) is 2. The van der Waals surface area contributed by atoms with Crippen LogP contribution >= 0.6 is 11.6 Å². The molecule has 1 amide bonds. The Balaban J connectivity index is 1.85. The van der Waals surface area contributed by atoms with Crippen molar-refractivity contribution in [3.63, 3.8) is 0 Å². The molecule has 1 heterocycles. The second-order valence-corrected chi connectivity index (χ2v) is 7.22. The van der Waals surface area contributed by atoms with E-state index >= 15 is 0 Å². The molecule has 1 atom stereocenters. The number of halogens is 2. The summed E-state index contributed by atoms with van der Waals surface area (Å²) in [6.07, 6.45) is -0.256. The summed E-state index contributed by atoms with van der Waals surface area (Å²) < 4.78 is 16.1. The molecule has 146 valence electrons. The van der Waals surface area contributed by atoms with E-state index in [1.54, 1.807) is 30.7 Å². The van der Waals surface area contributed by atoms with Gasteiger partial charge in [0.15, 0.2) is 0 Å². The van der Waals surface area contributed by atoms with Gasteiger partial charge in [-0.15, -0.1) is 0 Å². The Labute approximate surface area is 166 Å². The van der Waals surface area contributed by atoms with Crippen molar-refractivity contribution in [1.82, 2.24) is 9.88 Å². The summed E-state index contributed by atoms with van der Waals surface area (Å²) in [6.45, 7) is 3.57. The quantitative estimate of drug-likeness (QED) is 0.664. The number of aromatic nitrogens is 1. The number of nitrogens with one attached hydrogen (secondary N) is 1. The van der Waals surface area contributed by atoms with Crippen LogP contribution in [0.25, 0.3) is 10.9 Å². The number of hydrogen-bond acceptors (Lipinski definition) is 2. The van der Waals surface area contributed by atoms with Gasteiger partial charge < -0.3 is 15.0 Å². The molecule has 0 saturated heterocycles. The van der Waals surface area contributed by atoms with Crippen molar-refractivity contribution in [2.75, 3.05) is 0 Å². The number of fused-ring (bicyclic) bond motifs is 1.